The Balaban J connectivity index is 0. The van der Waals surface area contributed by atoms with Gasteiger partial charge >= 0.3 is 0 Å². The predicted octanol–water partition coefficient (Wildman–Crippen LogP) is 0.466. The van der Waals surface area contributed by atoms with Crippen LogP contribution in [0.25, 0.3) is 0 Å². The molecule has 1 N–H and O–H groups in total. The van der Waals surface area contributed by atoms with E-state index in [1.54, 1.807) is 6.92 Å². The van der Waals surface area contributed by atoms with Crippen LogP contribution in [0.1, 0.15) is 6.92 Å². The van der Waals surface area contributed by atoms with Crippen molar-refractivity contribution in [3.63, 3.8) is 0 Å². The van der Waals surface area contributed by atoms with Crippen molar-refractivity contribution in [2.45, 2.75) is 6.92 Å². The first-order valence-corrected chi connectivity index (χ1v) is 2.06. The van der Waals surface area contributed by atoms with Crippen LogP contribution >= 0.6 is 0 Å². The summed E-state index contributed by atoms with van der Waals surface area (Å²) >= 11 is 0. The summed E-state index contributed by atoms with van der Waals surface area (Å²) in [5.41, 5.74) is 0.523. The van der Waals surface area contributed by atoms with E-state index >= 15 is 0 Å². The predicted molar refractivity (Wildman–Crippen MR) is 30.4 cm³/mol. The molecule has 54 valence electrons. The van der Waals surface area contributed by atoms with E-state index in [0.717, 1.165) is 0 Å². The zero-order valence-corrected chi connectivity index (χ0v) is 6.28. The van der Waals surface area contributed by atoms with Crippen LogP contribution in [-0.2, 0) is 21.9 Å². The van der Waals surface area contributed by atoms with Gasteiger partial charge in [-0.2, -0.15) is 0 Å². The zero-order valence-electron chi connectivity index (χ0n) is 5.18. The number of nitrogens with zero attached hydrogens (tertiary/aromatic N) is 2. The third kappa shape index (κ3) is 7.46. The van der Waals surface area contributed by atoms with Crippen molar-refractivity contribution < 1.29 is 27.1 Å². The van der Waals surface area contributed by atoms with Crippen LogP contribution in [-0.4, -0.2) is 24.2 Å². The van der Waals surface area contributed by atoms with E-state index in [4.69, 9.17) is 5.21 Å². The van der Waals surface area contributed by atoms with E-state index in [0.29, 0.717) is 5.71 Å². The fraction of sp³-hybridized carbons (Fsp3) is 0.500. The molecule has 4 nitrogen and oxygen atoms in total. The Morgan fingerprint density at radius 1 is 1.67 bits per heavy atom. The van der Waals surface area contributed by atoms with Gasteiger partial charge in [-0.05, 0) is 6.92 Å². The molecule has 0 aliphatic carbocycles. The molecule has 0 rings (SSSR count). The Bertz CT molecular complexity index is 113. The van der Waals surface area contributed by atoms with Crippen LogP contribution in [0.3, 0.4) is 0 Å². The first-order valence-electron chi connectivity index (χ1n) is 2.06. The topological polar surface area (TPSA) is 54.2 Å². The van der Waals surface area contributed by atoms with Gasteiger partial charge in [0.2, 0.25) is 0 Å². The van der Waals surface area contributed by atoms with E-state index in [2.05, 4.69) is 15.1 Å². The molecule has 0 aliphatic rings. The van der Waals surface area contributed by atoms with E-state index in [1.807, 2.05) is 0 Å². The molecule has 0 saturated heterocycles. The fourth-order valence-electron chi connectivity index (χ4n) is 0.251. The zero-order chi connectivity index (χ0) is 6.41. The molecule has 0 radical (unpaired) electrons. The monoisotopic (exact) mass is 172 g/mol. The van der Waals surface area contributed by atoms with Gasteiger partial charge in [-0.1, -0.05) is 10.3 Å². The van der Waals surface area contributed by atoms with E-state index < -0.39 is 0 Å². The van der Waals surface area contributed by atoms with Gasteiger partial charge in [-0.15, -0.1) is 0 Å². The maximum absolute atomic E-state index is 7.90. The summed E-state index contributed by atoms with van der Waals surface area (Å²) < 4.78 is 0. The summed E-state index contributed by atoms with van der Waals surface area (Å²) in [6.45, 7) is 1.66. The summed E-state index contributed by atoms with van der Waals surface area (Å²) in [7, 11) is 1.43. The molecule has 0 unspecified atom stereocenters. The third-order valence-corrected chi connectivity index (χ3v) is 0.480. The Labute approximate surface area is 64.0 Å². The molecule has 0 amide bonds. The van der Waals surface area contributed by atoms with E-state index in [9.17, 15) is 0 Å². The van der Waals surface area contributed by atoms with Crippen molar-refractivity contribution >= 4 is 11.9 Å². The molecule has 0 bridgehead atoms. The van der Waals surface area contributed by atoms with Gasteiger partial charge in [-0.3, -0.25) is 0 Å². The van der Waals surface area contributed by atoms with Crippen LogP contribution < -0.4 is 0 Å². The summed E-state index contributed by atoms with van der Waals surface area (Å²) in [6, 6.07) is 0. The number of oxime groups is 2. The Kier molecular flexibility index (Phi) is 9.35. The van der Waals surface area contributed by atoms with Gasteiger partial charge < -0.3 is 10.0 Å². The molecule has 0 spiro atoms. The van der Waals surface area contributed by atoms with Crippen molar-refractivity contribution in [1.82, 2.24) is 0 Å². The van der Waals surface area contributed by atoms with E-state index in [1.165, 1.54) is 13.3 Å². The third-order valence-electron chi connectivity index (χ3n) is 0.480. The number of hydrogen-bond donors (Lipinski definition) is 1. The van der Waals surface area contributed by atoms with E-state index in [-0.39, 0.29) is 17.1 Å². The quantitative estimate of drug-likeness (QED) is 0.284. The van der Waals surface area contributed by atoms with Gasteiger partial charge in [-0.25, -0.2) is 0 Å². The molecule has 0 heterocycles. The van der Waals surface area contributed by atoms with Gasteiger partial charge in [0.1, 0.15) is 7.11 Å². The normalized spacial score (nSPS) is 11.1. The summed E-state index contributed by atoms with van der Waals surface area (Å²) in [6.07, 6.45) is 1.18. The largest absolute Gasteiger partial charge is 0.411 e. The van der Waals surface area contributed by atoms with Crippen LogP contribution in [0.15, 0.2) is 10.3 Å². The van der Waals surface area contributed by atoms with Crippen molar-refractivity contribution in [2.24, 2.45) is 10.3 Å². The Hall–Kier alpha value is -0.541. The SMILES string of the molecule is CON=C(C)C=NO.[Fe]. The first-order chi connectivity index (χ1) is 3.81. The maximum Gasteiger partial charge on any atom is 0.106 e. The van der Waals surface area contributed by atoms with Crippen LogP contribution in [0.2, 0.25) is 0 Å². The minimum atomic E-state index is 0. The van der Waals surface area contributed by atoms with Gasteiger partial charge in [0.25, 0.3) is 0 Å². The van der Waals surface area contributed by atoms with Gasteiger partial charge in [0.05, 0.1) is 11.9 Å². The van der Waals surface area contributed by atoms with Crippen LogP contribution in [0.5, 0.6) is 0 Å². The molecule has 0 aromatic heterocycles. The van der Waals surface area contributed by atoms with Crippen molar-refractivity contribution in [2.75, 3.05) is 7.11 Å². The Morgan fingerprint density at radius 2 is 2.22 bits per heavy atom. The first kappa shape index (κ1) is 11.3. The molecule has 0 atom stereocenters. The second kappa shape index (κ2) is 7.46. The molecule has 0 aliphatic heterocycles. The standard InChI is InChI=1S/C4H8N2O2.Fe/c1-4(3-5-7)6-8-2;/h3,7H,1-2H3;. The summed E-state index contributed by atoms with van der Waals surface area (Å²) in [5.74, 6) is 0. The summed E-state index contributed by atoms with van der Waals surface area (Å²) in [5, 5.41) is 14.0. The molecular weight excluding hydrogens is 164 g/mol. The second-order valence-corrected chi connectivity index (χ2v) is 1.16. The maximum atomic E-state index is 7.90. The van der Waals surface area contributed by atoms with Crippen molar-refractivity contribution in [3.05, 3.63) is 0 Å². The molecule has 0 aromatic carbocycles. The molecule has 0 aromatic rings. The summed E-state index contributed by atoms with van der Waals surface area (Å²) in [4.78, 5) is 4.34. The Morgan fingerprint density at radius 3 is 2.56 bits per heavy atom. The average molecular weight is 172 g/mol. The van der Waals surface area contributed by atoms with Crippen molar-refractivity contribution in [1.29, 1.82) is 0 Å². The van der Waals surface area contributed by atoms with Crippen LogP contribution in [0.4, 0.5) is 0 Å². The molecule has 0 saturated carbocycles. The molecule has 0 fully saturated rings. The smallest absolute Gasteiger partial charge is 0.106 e. The average Bonchev–Trinajstić information content (AvgIpc) is 1.68. The number of rotatable bonds is 2. The molecule has 5 heteroatoms. The second-order valence-electron chi connectivity index (χ2n) is 1.16. The minimum Gasteiger partial charge on any atom is -0.411 e. The van der Waals surface area contributed by atoms with Crippen LogP contribution in [0, 0.1) is 0 Å². The van der Waals surface area contributed by atoms with Gasteiger partial charge in [0, 0.05) is 17.1 Å². The van der Waals surface area contributed by atoms with Crippen molar-refractivity contribution in [3.8, 4) is 0 Å². The minimum absolute atomic E-state index is 0. The molecular formula is C4H8FeN2O2. The van der Waals surface area contributed by atoms with Gasteiger partial charge in [0.15, 0.2) is 0 Å². The molecule has 9 heavy (non-hydrogen) atoms. The number of hydrogen-bond acceptors (Lipinski definition) is 4. The fourth-order valence-corrected chi connectivity index (χ4v) is 0.251.